The number of thioether (sulfide) groups is 1. The largest absolute Gasteiger partial charge is 0.212 e. The fourth-order valence-corrected chi connectivity index (χ4v) is 3.57. The topological polar surface area (TPSA) is 43.1 Å². The van der Waals surface area contributed by atoms with Crippen LogP contribution in [0.4, 0.5) is 0 Å². The normalized spacial score (nSPS) is 11.2. The Hall–Kier alpha value is -3.18. The van der Waals surface area contributed by atoms with Gasteiger partial charge in [0.1, 0.15) is 0 Å². The number of nitrogens with zero attached hydrogens (tertiary/aromatic N) is 4. The Kier molecular flexibility index (Phi) is 5.64. The molecule has 4 rings (SSSR count). The van der Waals surface area contributed by atoms with Crippen molar-refractivity contribution in [2.75, 3.05) is 0 Å². The Morgan fingerprint density at radius 3 is 2.25 bits per heavy atom. The molecule has 0 amide bonds. The summed E-state index contributed by atoms with van der Waals surface area (Å²) in [5.41, 5.74) is 4.50. The summed E-state index contributed by atoms with van der Waals surface area (Å²) in [5, 5.41) is 14.3. The third-order valence-electron chi connectivity index (χ3n) is 4.25. The molecule has 0 aliphatic carbocycles. The molecule has 1 heterocycles. The zero-order valence-electron chi connectivity index (χ0n) is 15.6. The summed E-state index contributed by atoms with van der Waals surface area (Å²) < 4.78 is 1.82. The van der Waals surface area contributed by atoms with Crippen molar-refractivity contribution in [1.29, 1.82) is 0 Å². The van der Waals surface area contributed by atoms with Gasteiger partial charge in [-0.25, -0.2) is 0 Å². The Balaban J connectivity index is 1.65. The maximum Gasteiger partial charge on any atom is 0.212 e. The van der Waals surface area contributed by atoms with E-state index in [-0.39, 0.29) is 0 Å². The van der Waals surface area contributed by atoms with Crippen molar-refractivity contribution >= 4 is 18.0 Å². The maximum atomic E-state index is 4.70. The number of hydrogen-bond acceptors (Lipinski definition) is 4. The Bertz CT molecular complexity index is 1050. The van der Waals surface area contributed by atoms with Crippen molar-refractivity contribution < 1.29 is 0 Å². The minimum atomic E-state index is 0.736. The Morgan fingerprint density at radius 1 is 0.857 bits per heavy atom. The van der Waals surface area contributed by atoms with Gasteiger partial charge in [0.15, 0.2) is 5.82 Å². The smallest absolute Gasteiger partial charge is 0.187 e. The highest BCUT2D eigenvalue weighted by Crippen LogP contribution is 2.26. The number of aromatic nitrogens is 3. The third-order valence-corrected chi connectivity index (χ3v) is 5.24. The second-order valence-corrected chi connectivity index (χ2v) is 7.36. The Morgan fingerprint density at radius 2 is 1.54 bits per heavy atom. The molecule has 4 nitrogen and oxygen atoms in total. The maximum absolute atomic E-state index is 4.70. The van der Waals surface area contributed by atoms with Gasteiger partial charge in [0.2, 0.25) is 5.16 Å². The molecule has 4 aromatic rings. The fraction of sp³-hybridized carbons (Fsp3) is 0.0870. The average Bonchev–Trinajstić information content (AvgIpc) is 3.16. The van der Waals surface area contributed by atoms with Crippen LogP contribution in [0, 0.1) is 6.92 Å². The average molecular weight is 385 g/mol. The van der Waals surface area contributed by atoms with Crippen LogP contribution in [0.3, 0.4) is 0 Å². The molecule has 3 aromatic carbocycles. The van der Waals surface area contributed by atoms with Crippen molar-refractivity contribution in [3.05, 3.63) is 102 Å². The van der Waals surface area contributed by atoms with Gasteiger partial charge in [-0.15, -0.1) is 10.2 Å². The first-order valence-electron chi connectivity index (χ1n) is 9.08. The summed E-state index contributed by atoms with van der Waals surface area (Å²) in [5.74, 6) is 1.55. The van der Waals surface area contributed by atoms with Crippen LogP contribution in [0.5, 0.6) is 0 Å². The molecule has 0 radical (unpaired) electrons. The van der Waals surface area contributed by atoms with Gasteiger partial charge in [-0.1, -0.05) is 102 Å². The number of aryl methyl sites for hydroxylation is 1. The van der Waals surface area contributed by atoms with E-state index in [1.54, 1.807) is 11.8 Å². The van der Waals surface area contributed by atoms with E-state index < -0.39 is 0 Å². The molecule has 1 aromatic heterocycles. The zero-order chi connectivity index (χ0) is 19.2. The van der Waals surface area contributed by atoms with Gasteiger partial charge in [-0.2, -0.15) is 9.78 Å². The molecule has 0 aliphatic heterocycles. The molecule has 0 N–H and O–H groups in total. The SMILES string of the molecule is Cc1ccc(/C=N/n2c(SCc3ccccc3)nnc2-c2ccccc2)cc1. The molecule has 0 atom stereocenters. The lowest BCUT2D eigenvalue weighted by atomic mass is 10.2. The lowest BCUT2D eigenvalue weighted by Crippen LogP contribution is -1.97. The molecule has 0 aliphatic rings. The van der Waals surface area contributed by atoms with Crippen LogP contribution in [0.25, 0.3) is 11.4 Å². The summed E-state index contributed by atoms with van der Waals surface area (Å²) in [6.07, 6.45) is 1.85. The summed E-state index contributed by atoms with van der Waals surface area (Å²) >= 11 is 1.63. The van der Waals surface area contributed by atoms with Crippen LogP contribution >= 0.6 is 11.8 Å². The molecule has 0 saturated carbocycles. The van der Waals surface area contributed by atoms with Crippen molar-refractivity contribution in [2.45, 2.75) is 17.8 Å². The van der Waals surface area contributed by atoms with Crippen molar-refractivity contribution in [3.63, 3.8) is 0 Å². The first-order chi connectivity index (χ1) is 13.8. The van der Waals surface area contributed by atoms with E-state index in [9.17, 15) is 0 Å². The molecule has 5 heteroatoms. The molecule has 0 bridgehead atoms. The lowest BCUT2D eigenvalue weighted by Gasteiger charge is -2.05. The van der Waals surface area contributed by atoms with E-state index in [4.69, 9.17) is 5.10 Å². The first kappa shape index (κ1) is 18.2. The highest BCUT2D eigenvalue weighted by Gasteiger charge is 2.14. The molecule has 0 unspecified atom stereocenters. The minimum Gasteiger partial charge on any atom is -0.187 e. The van der Waals surface area contributed by atoms with E-state index >= 15 is 0 Å². The van der Waals surface area contributed by atoms with Gasteiger partial charge < -0.3 is 0 Å². The fourth-order valence-electron chi connectivity index (χ4n) is 2.73. The zero-order valence-corrected chi connectivity index (χ0v) is 16.4. The van der Waals surface area contributed by atoms with E-state index in [0.29, 0.717) is 0 Å². The minimum absolute atomic E-state index is 0.736. The highest BCUT2D eigenvalue weighted by atomic mass is 32.2. The van der Waals surface area contributed by atoms with E-state index in [0.717, 1.165) is 27.9 Å². The van der Waals surface area contributed by atoms with Crippen LogP contribution in [0.15, 0.2) is 95.2 Å². The van der Waals surface area contributed by atoms with Crippen LogP contribution in [-0.2, 0) is 5.75 Å². The molecule has 138 valence electrons. The number of hydrogen-bond donors (Lipinski definition) is 0. The van der Waals surface area contributed by atoms with E-state index in [1.807, 2.05) is 59.4 Å². The molecular weight excluding hydrogens is 364 g/mol. The highest BCUT2D eigenvalue weighted by molar-refractivity contribution is 7.98. The van der Waals surface area contributed by atoms with Gasteiger partial charge in [-0.05, 0) is 18.1 Å². The monoisotopic (exact) mass is 384 g/mol. The molecule has 0 spiro atoms. The molecular formula is C23H20N4S. The van der Waals surface area contributed by atoms with Crippen LogP contribution in [0.2, 0.25) is 0 Å². The van der Waals surface area contributed by atoms with Gasteiger partial charge >= 0.3 is 0 Å². The van der Waals surface area contributed by atoms with Crippen molar-refractivity contribution in [2.24, 2.45) is 5.10 Å². The van der Waals surface area contributed by atoms with E-state index in [1.165, 1.54) is 11.1 Å². The lowest BCUT2D eigenvalue weighted by molar-refractivity contribution is 0.772. The third kappa shape index (κ3) is 4.38. The molecule has 28 heavy (non-hydrogen) atoms. The van der Waals surface area contributed by atoms with Crippen molar-refractivity contribution in [1.82, 2.24) is 14.9 Å². The standard InChI is InChI=1S/C23H20N4S/c1-18-12-14-19(15-13-18)16-24-27-22(21-10-6-3-7-11-21)25-26-23(27)28-17-20-8-4-2-5-9-20/h2-16H,17H2,1H3/b24-16+. The number of benzene rings is 3. The first-order valence-corrected chi connectivity index (χ1v) is 10.1. The summed E-state index contributed by atoms with van der Waals surface area (Å²) in [4.78, 5) is 0. The van der Waals surface area contributed by atoms with Gasteiger partial charge in [0.05, 0.1) is 6.21 Å². The predicted molar refractivity (Wildman–Crippen MR) is 116 cm³/mol. The van der Waals surface area contributed by atoms with Gasteiger partial charge in [0, 0.05) is 11.3 Å². The van der Waals surface area contributed by atoms with E-state index in [2.05, 4.69) is 53.5 Å². The number of rotatable bonds is 6. The van der Waals surface area contributed by atoms with Crippen LogP contribution in [-0.4, -0.2) is 21.1 Å². The predicted octanol–water partition coefficient (Wildman–Crippen LogP) is 5.43. The molecule has 0 saturated heterocycles. The second kappa shape index (κ2) is 8.67. The molecule has 0 fully saturated rings. The second-order valence-electron chi connectivity index (χ2n) is 6.41. The summed E-state index contributed by atoms with van der Waals surface area (Å²) in [6, 6.07) is 28.6. The van der Waals surface area contributed by atoms with Gasteiger partial charge in [0.25, 0.3) is 0 Å². The van der Waals surface area contributed by atoms with Crippen LogP contribution < -0.4 is 0 Å². The quantitative estimate of drug-likeness (QED) is 0.329. The summed E-state index contributed by atoms with van der Waals surface area (Å²) in [6.45, 7) is 2.08. The van der Waals surface area contributed by atoms with Crippen LogP contribution in [0.1, 0.15) is 16.7 Å². The Labute approximate surface area is 169 Å². The summed E-state index contributed by atoms with van der Waals surface area (Å²) in [7, 11) is 0. The van der Waals surface area contributed by atoms with Gasteiger partial charge in [-0.3, -0.25) is 0 Å². The van der Waals surface area contributed by atoms with Crippen molar-refractivity contribution in [3.8, 4) is 11.4 Å².